The number of nitrogens with zero attached hydrogens (tertiary/aromatic N) is 2. The van der Waals surface area contributed by atoms with E-state index in [1.165, 1.54) is 6.07 Å². The van der Waals surface area contributed by atoms with Crippen molar-refractivity contribution >= 4 is 21.6 Å². The summed E-state index contributed by atoms with van der Waals surface area (Å²) in [6, 6.07) is 3.15. The van der Waals surface area contributed by atoms with E-state index < -0.39 is 6.43 Å². The molecule has 0 amide bonds. The Morgan fingerprint density at radius 1 is 1.64 bits per heavy atom. The summed E-state index contributed by atoms with van der Waals surface area (Å²) in [7, 11) is 0. The second-order valence-corrected chi connectivity index (χ2v) is 3.29. The van der Waals surface area contributed by atoms with Crippen LogP contribution in [0.25, 0.3) is 0 Å². The number of nitriles is 1. The van der Waals surface area contributed by atoms with Crippen LogP contribution < -0.4 is 5.73 Å². The van der Waals surface area contributed by atoms with E-state index in [-0.39, 0.29) is 22.3 Å². The molecule has 0 fully saturated rings. The Morgan fingerprint density at radius 2 is 2.29 bits per heavy atom. The third kappa shape index (κ3) is 2.17. The lowest BCUT2D eigenvalue weighted by molar-refractivity contribution is 0.151. The molecule has 74 valence electrons. The highest BCUT2D eigenvalue weighted by molar-refractivity contribution is 9.10. The van der Waals surface area contributed by atoms with Gasteiger partial charge in [0, 0.05) is 5.69 Å². The van der Waals surface area contributed by atoms with Crippen molar-refractivity contribution in [1.29, 1.82) is 5.26 Å². The topological polar surface area (TPSA) is 62.7 Å². The number of anilines is 1. The molecule has 3 nitrogen and oxygen atoms in total. The third-order valence-corrected chi connectivity index (χ3v) is 2.18. The van der Waals surface area contributed by atoms with Crippen molar-refractivity contribution in [3.05, 3.63) is 21.9 Å². The van der Waals surface area contributed by atoms with E-state index in [9.17, 15) is 8.78 Å². The molecular weight excluding hydrogens is 256 g/mol. The third-order valence-electron chi connectivity index (χ3n) is 1.58. The molecule has 0 unspecified atom stereocenters. The van der Waals surface area contributed by atoms with Crippen molar-refractivity contribution in [3.63, 3.8) is 0 Å². The summed E-state index contributed by atoms with van der Waals surface area (Å²) < 4.78 is 24.8. The lowest BCUT2D eigenvalue weighted by Crippen LogP contribution is -2.01. The molecule has 1 aromatic rings. The molecule has 1 heterocycles. The second-order valence-electron chi connectivity index (χ2n) is 2.54. The van der Waals surface area contributed by atoms with Gasteiger partial charge in [-0.15, -0.1) is 0 Å². The zero-order valence-electron chi connectivity index (χ0n) is 6.97. The lowest BCUT2D eigenvalue weighted by Gasteiger charge is -2.07. The van der Waals surface area contributed by atoms with Crippen molar-refractivity contribution in [1.82, 2.24) is 4.98 Å². The van der Waals surface area contributed by atoms with Gasteiger partial charge in [0.25, 0.3) is 6.43 Å². The van der Waals surface area contributed by atoms with Crippen LogP contribution >= 0.6 is 15.9 Å². The molecule has 0 aliphatic carbocycles. The number of pyridine rings is 1. The van der Waals surface area contributed by atoms with Gasteiger partial charge in [-0.3, -0.25) is 0 Å². The Morgan fingerprint density at radius 3 is 2.71 bits per heavy atom. The van der Waals surface area contributed by atoms with Gasteiger partial charge < -0.3 is 5.73 Å². The standard InChI is InChI=1S/C8H6BrF2N3/c9-7-6(8(10)11)5(13)3-4(14-7)1-2-12/h3,8H,1H2,(H2,13,14). The minimum atomic E-state index is -2.67. The van der Waals surface area contributed by atoms with Crippen LogP contribution in [-0.2, 0) is 6.42 Å². The summed E-state index contributed by atoms with van der Waals surface area (Å²) >= 11 is 2.89. The van der Waals surface area contributed by atoms with Crippen LogP contribution in [0.4, 0.5) is 14.5 Å². The quantitative estimate of drug-likeness (QED) is 0.832. The number of halogens is 3. The first-order chi connectivity index (χ1) is 6.56. The molecule has 0 spiro atoms. The Labute approximate surface area is 87.7 Å². The summed E-state index contributed by atoms with van der Waals surface area (Å²) in [6.07, 6.45) is -2.63. The summed E-state index contributed by atoms with van der Waals surface area (Å²) in [5.41, 5.74) is 5.39. The predicted octanol–water partition coefficient (Wildman–Crippen LogP) is 2.43. The number of hydrogen-bond acceptors (Lipinski definition) is 3. The summed E-state index contributed by atoms with van der Waals surface area (Å²) in [5, 5.41) is 8.39. The number of rotatable bonds is 2. The van der Waals surface area contributed by atoms with Crippen LogP contribution in [0.2, 0.25) is 0 Å². The van der Waals surface area contributed by atoms with Crippen LogP contribution in [0.15, 0.2) is 10.7 Å². The summed E-state index contributed by atoms with van der Waals surface area (Å²) in [6.45, 7) is 0. The van der Waals surface area contributed by atoms with E-state index in [1.54, 1.807) is 0 Å². The predicted molar refractivity (Wildman–Crippen MR) is 50.6 cm³/mol. The van der Waals surface area contributed by atoms with E-state index in [2.05, 4.69) is 20.9 Å². The van der Waals surface area contributed by atoms with Gasteiger partial charge in [0.1, 0.15) is 4.60 Å². The molecule has 0 aliphatic heterocycles. The Hall–Kier alpha value is -1.22. The Balaban J connectivity index is 3.19. The van der Waals surface area contributed by atoms with Crippen molar-refractivity contribution in [2.24, 2.45) is 0 Å². The average Bonchev–Trinajstić information content (AvgIpc) is 2.01. The van der Waals surface area contributed by atoms with Gasteiger partial charge in [-0.25, -0.2) is 13.8 Å². The van der Waals surface area contributed by atoms with Crippen LogP contribution in [0, 0.1) is 11.3 Å². The molecule has 0 saturated carbocycles. The minimum Gasteiger partial charge on any atom is -0.398 e. The largest absolute Gasteiger partial charge is 0.398 e. The number of aromatic nitrogens is 1. The molecule has 0 bridgehead atoms. The van der Waals surface area contributed by atoms with Crippen LogP contribution in [0.1, 0.15) is 17.7 Å². The second kappa shape index (κ2) is 4.33. The maximum atomic E-state index is 12.4. The summed E-state index contributed by atoms with van der Waals surface area (Å²) in [4.78, 5) is 3.78. The van der Waals surface area contributed by atoms with Crippen LogP contribution in [0.5, 0.6) is 0 Å². The number of hydrogen-bond donors (Lipinski definition) is 1. The highest BCUT2D eigenvalue weighted by atomic mass is 79.9. The van der Waals surface area contributed by atoms with Gasteiger partial charge in [-0.2, -0.15) is 5.26 Å². The molecular formula is C8H6BrF2N3. The molecule has 0 atom stereocenters. The molecule has 0 radical (unpaired) electrons. The highest BCUT2D eigenvalue weighted by Crippen LogP contribution is 2.31. The van der Waals surface area contributed by atoms with Crippen molar-refractivity contribution in [2.45, 2.75) is 12.8 Å². The monoisotopic (exact) mass is 261 g/mol. The fourth-order valence-electron chi connectivity index (χ4n) is 0.983. The zero-order chi connectivity index (χ0) is 10.7. The van der Waals surface area contributed by atoms with Crippen molar-refractivity contribution < 1.29 is 8.78 Å². The smallest absolute Gasteiger partial charge is 0.268 e. The van der Waals surface area contributed by atoms with Gasteiger partial charge >= 0.3 is 0 Å². The van der Waals surface area contributed by atoms with Crippen molar-refractivity contribution in [3.8, 4) is 6.07 Å². The van der Waals surface area contributed by atoms with Crippen molar-refractivity contribution in [2.75, 3.05) is 5.73 Å². The first-order valence-corrected chi connectivity index (χ1v) is 4.45. The Kier molecular flexibility index (Phi) is 3.36. The van der Waals surface area contributed by atoms with Crippen LogP contribution in [0.3, 0.4) is 0 Å². The molecule has 1 aromatic heterocycles. The fraction of sp³-hybridized carbons (Fsp3) is 0.250. The van der Waals surface area contributed by atoms with Gasteiger partial charge in [-0.05, 0) is 22.0 Å². The normalized spacial score (nSPS) is 10.2. The van der Waals surface area contributed by atoms with Gasteiger partial charge in [0.15, 0.2) is 0 Å². The minimum absolute atomic E-state index is 0.00208. The van der Waals surface area contributed by atoms with E-state index in [0.29, 0.717) is 5.69 Å². The summed E-state index contributed by atoms with van der Waals surface area (Å²) in [5.74, 6) is 0. The highest BCUT2D eigenvalue weighted by Gasteiger charge is 2.17. The molecule has 0 aromatic carbocycles. The van der Waals surface area contributed by atoms with E-state index in [0.717, 1.165) is 0 Å². The number of nitrogen functional groups attached to an aromatic ring is 1. The molecule has 1 rings (SSSR count). The molecule has 6 heteroatoms. The van der Waals surface area contributed by atoms with Gasteiger partial charge in [-0.1, -0.05) is 0 Å². The van der Waals surface area contributed by atoms with E-state index in [4.69, 9.17) is 11.0 Å². The first kappa shape index (κ1) is 10.9. The van der Waals surface area contributed by atoms with Crippen LogP contribution in [-0.4, -0.2) is 4.98 Å². The molecule has 0 aliphatic rings. The SMILES string of the molecule is N#CCc1cc(N)c(C(F)F)c(Br)n1. The number of alkyl halides is 2. The molecule has 0 saturated heterocycles. The fourth-order valence-corrected chi connectivity index (χ4v) is 1.61. The Bertz CT molecular complexity index is 364. The lowest BCUT2D eigenvalue weighted by atomic mass is 10.2. The first-order valence-electron chi connectivity index (χ1n) is 3.66. The molecule has 2 N–H and O–H groups in total. The van der Waals surface area contributed by atoms with E-state index >= 15 is 0 Å². The number of nitrogens with two attached hydrogens (primary N) is 1. The van der Waals surface area contributed by atoms with Gasteiger partial charge in [0.2, 0.25) is 0 Å². The maximum absolute atomic E-state index is 12.4. The maximum Gasteiger partial charge on any atom is 0.268 e. The van der Waals surface area contributed by atoms with Gasteiger partial charge in [0.05, 0.1) is 23.7 Å². The zero-order valence-corrected chi connectivity index (χ0v) is 8.55. The van der Waals surface area contributed by atoms with E-state index in [1.807, 2.05) is 6.07 Å². The average molecular weight is 262 g/mol. The molecule has 14 heavy (non-hydrogen) atoms.